The molecule has 0 bridgehead atoms. The number of amides is 1. The summed E-state index contributed by atoms with van der Waals surface area (Å²) in [6.45, 7) is 0.128. The SMILES string of the molecule is CN(CC(=O)O)CC1=NC(=O)C2C=CC=CC2=N1. The highest BCUT2D eigenvalue weighted by Crippen LogP contribution is 2.16. The van der Waals surface area contributed by atoms with E-state index in [1.807, 2.05) is 6.08 Å². The van der Waals surface area contributed by atoms with Crippen molar-refractivity contribution in [3.8, 4) is 0 Å². The van der Waals surface area contributed by atoms with Crippen LogP contribution in [0.2, 0.25) is 0 Å². The van der Waals surface area contributed by atoms with Crippen LogP contribution in [0.3, 0.4) is 0 Å². The minimum Gasteiger partial charge on any atom is -0.480 e. The van der Waals surface area contributed by atoms with Crippen LogP contribution >= 0.6 is 0 Å². The number of rotatable bonds is 4. The van der Waals surface area contributed by atoms with Crippen LogP contribution in [-0.2, 0) is 9.59 Å². The van der Waals surface area contributed by atoms with Crippen molar-refractivity contribution in [1.29, 1.82) is 0 Å². The van der Waals surface area contributed by atoms with Crippen LogP contribution < -0.4 is 0 Å². The first-order chi connectivity index (χ1) is 8.56. The lowest BCUT2D eigenvalue weighted by Gasteiger charge is -2.20. The zero-order valence-corrected chi connectivity index (χ0v) is 9.91. The van der Waals surface area contributed by atoms with Gasteiger partial charge in [-0.15, -0.1) is 0 Å². The molecular formula is C12H13N3O3. The highest BCUT2D eigenvalue weighted by atomic mass is 16.4. The van der Waals surface area contributed by atoms with Crippen LogP contribution in [-0.4, -0.2) is 53.6 Å². The van der Waals surface area contributed by atoms with E-state index < -0.39 is 5.97 Å². The number of carboxylic acid groups (broad SMARTS) is 1. The second-order valence-corrected chi connectivity index (χ2v) is 4.19. The Bertz CT molecular complexity index is 503. The molecule has 6 heteroatoms. The van der Waals surface area contributed by atoms with Gasteiger partial charge in [-0.05, 0) is 13.1 Å². The monoisotopic (exact) mass is 247 g/mol. The van der Waals surface area contributed by atoms with Gasteiger partial charge in [-0.1, -0.05) is 18.2 Å². The van der Waals surface area contributed by atoms with Gasteiger partial charge in [0.05, 0.1) is 18.8 Å². The molecule has 0 saturated heterocycles. The Morgan fingerprint density at radius 1 is 1.44 bits per heavy atom. The second kappa shape index (κ2) is 5.05. The number of aliphatic carboxylic acids is 1. The van der Waals surface area contributed by atoms with Crippen LogP contribution in [0.4, 0.5) is 0 Å². The summed E-state index contributed by atoms with van der Waals surface area (Å²) in [4.78, 5) is 32.0. The van der Waals surface area contributed by atoms with E-state index in [1.165, 1.54) is 0 Å². The predicted molar refractivity (Wildman–Crippen MR) is 66.8 cm³/mol. The summed E-state index contributed by atoms with van der Waals surface area (Å²) >= 11 is 0. The Balaban J connectivity index is 2.09. The van der Waals surface area contributed by atoms with Gasteiger partial charge in [0.25, 0.3) is 5.91 Å². The Morgan fingerprint density at radius 3 is 2.94 bits per heavy atom. The lowest BCUT2D eigenvalue weighted by molar-refractivity contribution is -0.137. The van der Waals surface area contributed by atoms with E-state index in [4.69, 9.17) is 5.11 Å². The minimum atomic E-state index is -0.925. The number of fused-ring (bicyclic) bond motifs is 1. The first-order valence-corrected chi connectivity index (χ1v) is 5.51. The van der Waals surface area contributed by atoms with Crippen molar-refractivity contribution < 1.29 is 14.7 Å². The zero-order valence-electron chi connectivity index (χ0n) is 9.91. The van der Waals surface area contributed by atoms with Gasteiger partial charge in [0.2, 0.25) is 0 Å². The van der Waals surface area contributed by atoms with Gasteiger partial charge in [-0.2, -0.15) is 4.99 Å². The van der Waals surface area contributed by atoms with Crippen molar-refractivity contribution in [2.75, 3.05) is 20.1 Å². The average Bonchev–Trinajstić information content (AvgIpc) is 2.27. The normalized spacial score (nSPS) is 21.7. The van der Waals surface area contributed by atoms with Crippen LogP contribution in [0.15, 0.2) is 34.3 Å². The summed E-state index contributed by atoms with van der Waals surface area (Å²) in [5.74, 6) is -1.20. The number of carbonyl (C=O) groups is 2. The average molecular weight is 247 g/mol. The number of allylic oxidation sites excluding steroid dienone is 3. The Morgan fingerprint density at radius 2 is 2.22 bits per heavy atom. The Hall–Kier alpha value is -2.08. The number of aliphatic imine (C=N–C) groups is 2. The van der Waals surface area contributed by atoms with E-state index >= 15 is 0 Å². The number of carboxylic acids is 1. The van der Waals surface area contributed by atoms with Gasteiger partial charge in [0, 0.05) is 0 Å². The fourth-order valence-corrected chi connectivity index (χ4v) is 1.82. The largest absolute Gasteiger partial charge is 0.480 e. The van der Waals surface area contributed by atoms with Crippen molar-refractivity contribution in [1.82, 2.24) is 4.90 Å². The van der Waals surface area contributed by atoms with Crippen LogP contribution in [0.25, 0.3) is 0 Å². The van der Waals surface area contributed by atoms with Crippen molar-refractivity contribution >= 4 is 23.4 Å². The molecule has 1 aliphatic heterocycles. The summed E-state index contributed by atoms with van der Waals surface area (Å²) in [7, 11) is 1.64. The highest BCUT2D eigenvalue weighted by Gasteiger charge is 2.26. The number of hydrogen-bond donors (Lipinski definition) is 1. The Labute approximate surface area is 104 Å². The molecule has 1 aliphatic carbocycles. The number of likely N-dealkylation sites (N-methyl/N-ethyl adjacent to an activating group) is 1. The fraction of sp³-hybridized carbons (Fsp3) is 0.333. The van der Waals surface area contributed by atoms with E-state index in [0.717, 1.165) is 0 Å². The van der Waals surface area contributed by atoms with E-state index in [0.29, 0.717) is 11.5 Å². The van der Waals surface area contributed by atoms with Crippen molar-refractivity contribution in [3.63, 3.8) is 0 Å². The van der Waals surface area contributed by atoms with Gasteiger partial charge < -0.3 is 5.11 Å². The third kappa shape index (κ3) is 2.78. The molecule has 6 nitrogen and oxygen atoms in total. The second-order valence-electron chi connectivity index (χ2n) is 4.19. The molecule has 0 aromatic rings. The molecule has 2 aliphatic rings. The van der Waals surface area contributed by atoms with Crippen LogP contribution in [0.1, 0.15) is 0 Å². The quantitative estimate of drug-likeness (QED) is 0.765. The maximum absolute atomic E-state index is 11.8. The van der Waals surface area contributed by atoms with Crippen molar-refractivity contribution in [2.45, 2.75) is 0 Å². The van der Waals surface area contributed by atoms with Gasteiger partial charge in [-0.3, -0.25) is 14.5 Å². The first kappa shape index (κ1) is 12.4. The predicted octanol–water partition coefficient (Wildman–Crippen LogP) is 0.125. The molecule has 0 aromatic carbocycles. The highest BCUT2D eigenvalue weighted by molar-refractivity contribution is 6.21. The molecule has 1 heterocycles. The summed E-state index contributed by atoms with van der Waals surface area (Å²) < 4.78 is 0. The fourth-order valence-electron chi connectivity index (χ4n) is 1.82. The molecular weight excluding hydrogens is 234 g/mol. The molecule has 0 aromatic heterocycles. The maximum Gasteiger partial charge on any atom is 0.317 e. The van der Waals surface area contributed by atoms with Gasteiger partial charge in [-0.25, -0.2) is 4.99 Å². The molecule has 0 radical (unpaired) electrons. The van der Waals surface area contributed by atoms with Crippen LogP contribution in [0, 0.1) is 5.92 Å². The molecule has 0 saturated carbocycles. The van der Waals surface area contributed by atoms with E-state index in [-0.39, 0.29) is 24.9 Å². The number of hydrogen-bond acceptors (Lipinski definition) is 4. The first-order valence-electron chi connectivity index (χ1n) is 5.51. The third-order valence-corrected chi connectivity index (χ3v) is 2.58. The lowest BCUT2D eigenvalue weighted by Crippen LogP contribution is -2.34. The number of nitrogens with zero attached hydrogens (tertiary/aromatic N) is 3. The van der Waals surface area contributed by atoms with Crippen molar-refractivity contribution in [3.05, 3.63) is 24.3 Å². The Kier molecular flexibility index (Phi) is 3.47. The van der Waals surface area contributed by atoms with Crippen molar-refractivity contribution in [2.24, 2.45) is 15.9 Å². The molecule has 1 amide bonds. The van der Waals surface area contributed by atoms with E-state index in [2.05, 4.69) is 9.98 Å². The molecule has 1 unspecified atom stereocenters. The molecule has 0 spiro atoms. The third-order valence-electron chi connectivity index (χ3n) is 2.58. The van der Waals surface area contributed by atoms with E-state index in [1.54, 1.807) is 30.2 Å². The molecule has 94 valence electrons. The molecule has 1 N–H and O–H groups in total. The standard InChI is InChI=1S/C12H13N3O3/c1-15(7-11(16)17)6-10-13-9-5-3-2-4-8(9)12(18)14-10/h2-5,8H,6-7H2,1H3,(H,16,17). The smallest absolute Gasteiger partial charge is 0.317 e. The molecule has 18 heavy (non-hydrogen) atoms. The topological polar surface area (TPSA) is 82.3 Å². The maximum atomic E-state index is 11.8. The van der Waals surface area contributed by atoms with E-state index in [9.17, 15) is 9.59 Å². The molecule has 0 fully saturated rings. The molecule has 1 atom stereocenters. The summed E-state index contributed by atoms with van der Waals surface area (Å²) in [6.07, 6.45) is 7.13. The molecule has 2 rings (SSSR count). The van der Waals surface area contributed by atoms with Gasteiger partial charge >= 0.3 is 5.97 Å². The number of carbonyl (C=O) groups excluding carboxylic acids is 1. The summed E-state index contributed by atoms with van der Waals surface area (Å²) in [5, 5.41) is 8.65. The minimum absolute atomic E-state index is 0.114. The van der Waals surface area contributed by atoms with Gasteiger partial charge in [0.1, 0.15) is 11.8 Å². The van der Waals surface area contributed by atoms with Crippen LogP contribution in [0.5, 0.6) is 0 Å². The van der Waals surface area contributed by atoms with Gasteiger partial charge in [0.15, 0.2) is 0 Å². The zero-order chi connectivity index (χ0) is 13.1. The lowest BCUT2D eigenvalue weighted by atomic mass is 9.96. The summed E-state index contributed by atoms with van der Waals surface area (Å²) in [5.41, 5.74) is 0.663. The number of amidine groups is 1. The summed E-state index contributed by atoms with van der Waals surface area (Å²) in [6, 6.07) is 0.